The largest absolute Gasteiger partial charge is 0.322 e. The highest BCUT2D eigenvalue weighted by molar-refractivity contribution is 9.10. The molecule has 0 aromatic heterocycles. The number of para-hydroxylation sites is 1. The van der Waals surface area contributed by atoms with Crippen LogP contribution in [0.2, 0.25) is 5.02 Å². The SMILES string of the molecule is O=C(Nc1cccc(Br)c1)c1ccc(S(=O)(=O)Nc2ccccc2Cl)cc1. The van der Waals surface area contributed by atoms with Crippen LogP contribution in [0.5, 0.6) is 0 Å². The predicted molar refractivity (Wildman–Crippen MR) is 111 cm³/mol. The van der Waals surface area contributed by atoms with E-state index in [2.05, 4.69) is 26.0 Å². The highest BCUT2D eigenvalue weighted by Gasteiger charge is 2.16. The Hall–Kier alpha value is -2.35. The van der Waals surface area contributed by atoms with E-state index in [0.29, 0.717) is 16.3 Å². The Balaban J connectivity index is 1.76. The van der Waals surface area contributed by atoms with Gasteiger partial charge in [0.05, 0.1) is 15.6 Å². The minimum Gasteiger partial charge on any atom is -0.322 e. The second-order valence-corrected chi connectivity index (χ2v) is 8.58. The molecule has 3 aromatic carbocycles. The number of hydrogen-bond acceptors (Lipinski definition) is 3. The Bertz CT molecular complexity index is 1090. The zero-order valence-electron chi connectivity index (χ0n) is 13.8. The normalized spacial score (nSPS) is 11.0. The van der Waals surface area contributed by atoms with Crippen LogP contribution in [0.1, 0.15) is 10.4 Å². The molecular formula is C19H14BrClN2O3S. The van der Waals surface area contributed by atoms with Gasteiger partial charge >= 0.3 is 0 Å². The molecule has 0 unspecified atom stereocenters. The van der Waals surface area contributed by atoms with Crippen LogP contribution in [0.3, 0.4) is 0 Å². The third-order valence-electron chi connectivity index (χ3n) is 3.63. The molecule has 2 N–H and O–H groups in total. The first kappa shape index (κ1) is 19.4. The monoisotopic (exact) mass is 464 g/mol. The van der Waals surface area contributed by atoms with E-state index in [-0.39, 0.29) is 16.5 Å². The standard InChI is InChI=1S/C19H14BrClN2O3S/c20-14-4-3-5-15(12-14)22-19(24)13-8-10-16(11-9-13)27(25,26)23-18-7-2-1-6-17(18)21/h1-12,23H,(H,22,24). The van der Waals surface area contributed by atoms with Crippen LogP contribution in [0.4, 0.5) is 11.4 Å². The number of rotatable bonds is 5. The van der Waals surface area contributed by atoms with Gasteiger partial charge in [-0.3, -0.25) is 9.52 Å². The number of carbonyl (C=O) groups excluding carboxylic acids is 1. The second kappa shape index (κ2) is 8.12. The number of sulfonamides is 1. The first-order valence-corrected chi connectivity index (χ1v) is 10.4. The molecule has 5 nitrogen and oxygen atoms in total. The molecule has 27 heavy (non-hydrogen) atoms. The van der Waals surface area contributed by atoms with Crippen LogP contribution >= 0.6 is 27.5 Å². The molecule has 0 heterocycles. The molecule has 0 saturated carbocycles. The summed E-state index contributed by atoms with van der Waals surface area (Å²) >= 11 is 9.33. The summed E-state index contributed by atoms with van der Waals surface area (Å²) in [5, 5.41) is 3.05. The number of hydrogen-bond donors (Lipinski definition) is 2. The number of anilines is 2. The summed E-state index contributed by atoms with van der Waals surface area (Å²) in [7, 11) is -3.82. The van der Waals surface area contributed by atoms with E-state index in [1.165, 1.54) is 24.3 Å². The summed E-state index contributed by atoms with van der Waals surface area (Å²) in [4.78, 5) is 12.3. The topological polar surface area (TPSA) is 75.3 Å². The Morgan fingerprint density at radius 1 is 0.926 bits per heavy atom. The lowest BCUT2D eigenvalue weighted by molar-refractivity contribution is 0.102. The first-order chi connectivity index (χ1) is 12.8. The summed E-state index contributed by atoms with van der Waals surface area (Å²) < 4.78 is 28.2. The van der Waals surface area contributed by atoms with E-state index in [0.717, 1.165) is 4.47 Å². The highest BCUT2D eigenvalue weighted by Crippen LogP contribution is 2.24. The molecule has 0 radical (unpaired) electrons. The summed E-state index contributed by atoms with van der Waals surface area (Å²) in [6.45, 7) is 0. The summed E-state index contributed by atoms with van der Waals surface area (Å²) in [5.41, 5.74) is 1.26. The van der Waals surface area contributed by atoms with Crippen LogP contribution in [-0.4, -0.2) is 14.3 Å². The molecule has 0 aliphatic heterocycles. The molecule has 0 aliphatic rings. The maximum absolute atomic E-state index is 12.5. The second-order valence-electron chi connectivity index (χ2n) is 5.57. The first-order valence-electron chi connectivity index (χ1n) is 7.79. The Kier molecular flexibility index (Phi) is 5.84. The maximum Gasteiger partial charge on any atom is 0.261 e. The number of benzene rings is 3. The lowest BCUT2D eigenvalue weighted by atomic mass is 10.2. The average Bonchev–Trinajstić information content (AvgIpc) is 2.64. The smallest absolute Gasteiger partial charge is 0.261 e. The molecular weight excluding hydrogens is 452 g/mol. The van der Waals surface area contributed by atoms with Gasteiger partial charge in [0.1, 0.15) is 0 Å². The Morgan fingerprint density at radius 2 is 1.63 bits per heavy atom. The van der Waals surface area contributed by atoms with Crippen LogP contribution in [0, 0.1) is 0 Å². The molecule has 0 fully saturated rings. The van der Waals surface area contributed by atoms with E-state index in [9.17, 15) is 13.2 Å². The van der Waals surface area contributed by atoms with Gasteiger partial charge in [-0.2, -0.15) is 0 Å². The van der Waals surface area contributed by atoms with Crippen molar-refractivity contribution in [2.45, 2.75) is 4.90 Å². The fourth-order valence-corrected chi connectivity index (χ4v) is 4.02. The van der Waals surface area contributed by atoms with Crippen molar-refractivity contribution in [3.8, 4) is 0 Å². The van der Waals surface area contributed by atoms with Crippen LogP contribution in [-0.2, 0) is 10.0 Å². The van der Waals surface area contributed by atoms with Gasteiger partial charge in [-0.25, -0.2) is 8.42 Å². The summed E-state index contributed by atoms with van der Waals surface area (Å²) in [5.74, 6) is -0.337. The molecule has 0 saturated heterocycles. The molecule has 3 rings (SSSR count). The Labute approximate surface area is 170 Å². The summed E-state index contributed by atoms with van der Waals surface area (Å²) in [6, 6.07) is 19.4. The fourth-order valence-electron chi connectivity index (χ4n) is 2.30. The maximum atomic E-state index is 12.5. The van der Waals surface area contributed by atoms with Crippen molar-refractivity contribution in [2.75, 3.05) is 10.0 Å². The van der Waals surface area contributed by atoms with Crippen molar-refractivity contribution >= 4 is 54.8 Å². The fraction of sp³-hybridized carbons (Fsp3) is 0. The molecule has 0 bridgehead atoms. The molecule has 1 amide bonds. The third-order valence-corrected chi connectivity index (χ3v) is 5.83. The van der Waals surface area contributed by atoms with Crippen LogP contribution in [0.15, 0.2) is 82.2 Å². The molecule has 3 aromatic rings. The van der Waals surface area contributed by atoms with Gasteiger partial charge in [0.15, 0.2) is 0 Å². The lowest BCUT2D eigenvalue weighted by Crippen LogP contribution is -2.15. The quantitative estimate of drug-likeness (QED) is 0.547. The van der Waals surface area contributed by atoms with E-state index in [4.69, 9.17) is 11.6 Å². The number of carbonyl (C=O) groups is 1. The minimum absolute atomic E-state index is 0.0291. The molecule has 0 atom stereocenters. The zero-order chi connectivity index (χ0) is 19.4. The van der Waals surface area contributed by atoms with Gasteiger partial charge in [-0.05, 0) is 54.6 Å². The van der Waals surface area contributed by atoms with E-state index in [1.54, 1.807) is 42.5 Å². The number of amides is 1. The van der Waals surface area contributed by atoms with Gasteiger partial charge in [0.25, 0.3) is 15.9 Å². The van der Waals surface area contributed by atoms with Gasteiger partial charge in [0, 0.05) is 15.7 Å². The lowest BCUT2D eigenvalue weighted by Gasteiger charge is -2.10. The molecule has 138 valence electrons. The van der Waals surface area contributed by atoms with Gasteiger partial charge < -0.3 is 5.32 Å². The van der Waals surface area contributed by atoms with Crippen molar-refractivity contribution in [3.63, 3.8) is 0 Å². The number of halogens is 2. The van der Waals surface area contributed by atoms with Gasteiger partial charge in [-0.1, -0.05) is 45.7 Å². The van der Waals surface area contributed by atoms with Crippen molar-refractivity contribution < 1.29 is 13.2 Å². The zero-order valence-corrected chi connectivity index (χ0v) is 17.0. The average molecular weight is 466 g/mol. The van der Waals surface area contributed by atoms with Crippen molar-refractivity contribution in [3.05, 3.63) is 87.9 Å². The van der Waals surface area contributed by atoms with E-state index in [1.807, 2.05) is 6.07 Å². The molecule has 8 heteroatoms. The van der Waals surface area contributed by atoms with Crippen molar-refractivity contribution in [1.29, 1.82) is 0 Å². The van der Waals surface area contributed by atoms with E-state index < -0.39 is 10.0 Å². The summed E-state index contributed by atoms with van der Waals surface area (Å²) in [6.07, 6.45) is 0. The van der Waals surface area contributed by atoms with Crippen LogP contribution < -0.4 is 10.0 Å². The highest BCUT2D eigenvalue weighted by atomic mass is 79.9. The Morgan fingerprint density at radius 3 is 2.30 bits per heavy atom. The van der Waals surface area contributed by atoms with Crippen molar-refractivity contribution in [1.82, 2.24) is 0 Å². The van der Waals surface area contributed by atoms with Gasteiger partial charge in [-0.15, -0.1) is 0 Å². The minimum atomic E-state index is -3.82. The molecule has 0 spiro atoms. The third kappa shape index (κ3) is 4.88. The van der Waals surface area contributed by atoms with E-state index >= 15 is 0 Å². The predicted octanol–water partition coefficient (Wildman–Crippen LogP) is 5.16. The van der Waals surface area contributed by atoms with Crippen molar-refractivity contribution in [2.24, 2.45) is 0 Å². The molecule has 0 aliphatic carbocycles. The number of nitrogens with one attached hydrogen (secondary N) is 2. The van der Waals surface area contributed by atoms with Crippen LogP contribution in [0.25, 0.3) is 0 Å². The van der Waals surface area contributed by atoms with Gasteiger partial charge in [0.2, 0.25) is 0 Å².